The van der Waals surface area contributed by atoms with Gasteiger partial charge in [0.25, 0.3) is 0 Å². The number of rotatable bonds is 6. The molecule has 0 aliphatic rings. The van der Waals surface area contributed by atoms with Gasteiger partial charge in [0.2, 0.25) is 5.91 Å². The molecule has 0 heterocycles. The number of carbonyl (C=O) groups is 1. The van der Waals surface area contributed by atoms with Crippen LogP contribution in [0.3, 0.4) is 0 Å². The molecule has 1 aromatic carbocycles. The summed E-state index contributed by atoms with van der Waals surface area (Å²) in [5.41, 5.74) is 7.77. The predicted octanol–water partition coefficient (Wildman–Crippen LogP) is 3.30. The second kappa shape index (κ2) is 6.71. The number of benzene rings is 1. The van der Waals surface area contributed by atoms with Gasteiger partial charge in [0.15, 0.2) is 0 Å². The summed E-state index contributed by atoms with van der Waals surface area (Å²) in [6.07, 6.45) is 1.50. The highest BCUT2D eigenvalue weighted by atomic mass is 16.1. The highest BCUT2D eigenvalue weighted by Gasteiger charge is 2.18. The van der Waals surface area contributed by atoms with Gasteiger partial charge in [0.1, 0.15) is 0 Å². The molecule has 0 aliphatic heterocycles. The van der Waals surface area contributed by atoms with Crippen molar-refractivity contribution in [3.8, 4) is 0 Å². The summed E-state index contributed by atoms with van der Waals surface area (Å²) in [6.45, 7) is 9.08. The van der Waals surface area contributed by atoms with Gasteiger partial charge in [-0.1, -0.05) is 39.8 Å². The molecule has 1 amide bonds. The Hall–Kier alpha value is -1.35. The van der Waals surface area contributed by atoms with E-state index in [0.717, 1.165) is 12.1 Å². The monoisotopic (exact) mass is 262 g/mol. The molecule has 0 bridgehead atoms. The smallest absolute Gasteiger partial charge is 0.224 e. The first kappa shape index (κ1) is 15.7. The molecule has 0 saturated heterocycles. The molecule has 0 aliphatic carbocycles. The van der Waals surface area contributed by atoms with Crippen LogP contribution in [0.4, 0.5) is 5.69 Å². The summed E-state index contributed by atoms with van der Waals surface area (Å²) < 4.78 is 0. The van der Waals surface area contributed by atoms with E-state index >= 15 is 0 Å². The minimum atomic E-state index is -0.0276. The lowest BCUT2D eigenvalue weighted by molar-refractivity contribution is -0.116. The van der Waals surface area contributed by atoms with E-state index in [0.29, 0.717) is 18.9 Å². The Morgan fingerprint density at radius 1 is 1.26 bits per heavy atom. The van der Waals surface area contributed by atoms with E-state index in [1.54, 1.807) is 0 Å². The zero-order valence-corrected chi connectivity index (χ0v) is 12.5. The van der Waals surface area contributed by atoms with E-state index in [9.17, 15) is 4.79 Å². The molecule has 0 fully saturated rings. The molecule has 19 heavy (non-hydrogen) atoms. The number of anilines is 1. The molecule has 0 unspecified atom stereocenters. The minimum Gasteiger partial charge on any atom is -0.330 e. The van der Waals surface area contributed by atoms with Gasteiger partial charge in [-0.25, -0.2) is 0 Å². The Kier molecular flexibility index (Phi) is 5.55. The maximum atomic E-state index is 11.7. The number of nitrogens with one attached hydrogen (secondary N) is 1. The Morgan fingerprint density at radius 3 is 2.32 bits per heavy atom. The maximum absolute atomic E-state index is 11.7. The second-order valence-corrected chi connectivity index (χ2v) is 6.15. The number of hydrogen-bond donors (Lipinski definition) is 2. The molecule has 1 aromatic rings. The van der Waals surface area contributed by atoms with E-state index in [2.05, 4.69) is 33.0 Å². The van der Waals surface area contributed by atoms with Gasteiger partial charge in [0, 0.05) is 24.1 Å². The fourth-order valence-corrected chi connectivity index (χ4v) is 1.77. The lowest BCUT2D eigenvalue weighted by Gasteiger charge is -2.23. The fourth-order valence-electron chi connectivity index (χ4n) is 1.77. The van der Waals surface area contributed by atoms with E-state index in [1.807, 2.05) is 24.3 Å². The average molecular weight is 262 g/mol. The second-order valence-electron chi connectivity index (χ2n) is 6.15. The molecule has 106 valence electrons. The van der Waals surface area contributed by atoms with E-state index < -0.39 is 0 Å². The van der Waals surface area contributed by atoms with Crippen molar-refractivity contribution in [2.75, 3.05) is 11.9 Å². The lowest BCUT2D eigenvalue weighted by Crippen LogP contribution is -2.27. The highest BCUT2D eigenvalue weighted by Crippen LogP contribution is 2.23. The summed E-state index contributed by atoms with van der Waals surface area (Å²) >= 11 is 0. The van der Waals surface area contributed by atoms with Crippen molar-refractivity contribution in [3.63, 3.8) is 0 Å². The van der Waals surface area contributed by atoms with Crippen molar-refractivity contribution in [1.82, 2.24) is 0 Å². The molecular weight excluding hydrogens is 236 g/mol. The summed E-state index contributed by atoms with van der Waals surface area (Å²) in [4.78, 5) is 11.7. The molecule has 0 radical (unpaired) electrons. The van der Waals surface area contributed by atoms with Gasteiger partial charge in [-0.05, 0) is 30.0 Å². The van der Waals surface area contributed by atoms with Crippen LogP contribution in [0.15, 0.2) is 24.3 Å². The summed E-state index contributed by atoms with van der Waals surface area (Å²) in [7, 11) is 0. The van der Waals surface area contributed by atoms with Crippen LogP contribution >= 0.6 is 0 Å². The van der Waals surface area contributed by atoms with E-state index in [1.165, 1.54) is 5.56 Å². The van der Waals surface area contributed by atoms with Gasteiger partial charge < -0.3 is 11.1 Å². The Balaban J connectivity index is 2.60. The van der Waals surface area contributed by atoms with Crippen molar-refractivity contribution in [2.45, 2.75) is 46.0 Å². The van der Waals surface area contributed by atoms with Crippen LogP contribution < -0.4 is 11.1 Å². The molecular formula is C16H26N2O. The summed E-state index contributed by atoms with van der Waals surface area (Å²) in [5.74, 6) is 0.637. The number of nitrogens with two attached hydrogens (primary N) is 1. The van der Waals surface area contributed by atoms with Crippen LogP contribution in [0.2, 0.25) is 0 Å². The number of amides is 1. The lowest BCUT2D eigenvalue weighted by atomic mass is 9.85. The molecule has 0 aromatic heterocycles. The first-order chi connectivity index (χ1) is 8.85. The SMILES string of the molecule is CC(C)CCC(=O)Nc1ccc(C(C)(C)CN)cc1. The minimum absolute atomic E-state index is 0.0276. The number of carbonyl (C=O) groups excluding carboxylic acids is 1. The van der Waals surface area contributed by atoms with E-state index in [-0.39, 0.29) is 11.3 Å². The zero-order chi connectivity index (χ0) is 14.5. The summed E-state index contributed by atoms with van der Waals surface area (Å²) in [5, 5.41) is 2.92. The van der Waals surface area contributed by atoms with Crippen LogP contribution in [0.1, 0.15) is 46.1 Å². The van der Waals surface area contributed by atoms with Crippen LogP contribution in [-0.2, 0) is 10.2 Å². The average Bonchev–Trinajstić information content (AvgIpc) is 2.37. The van der Waals surface area contributed by atoms with Crippen LogP contribution in [-0.4, -0.2) is 12.5 Å². The first-order valence-electron chi connectivity index (χ1n) is 6.95. The molecule has 3 N–H and O–H groups in total. The molecule has 3 nitrogen and oxygen atoms in total. The largest absolute Gasteiger partial charge is 0.330 e. The van der Waals surface area contributed by atoms with Gasteiger partial charge in [0.05, 0.1) is 0 Å². The van der Waals surface area contributed by atoms with Crippen molar-refractivity contribution in [1.29, 1.82) is 0 Å². The predicted molar refractivity (Wildman–Crippen MR) is 81.2 cm³/mol. The Labute approximate surface area is 116 Å². The van der Waals surface area contributed by atoms with Crippen molar-refractivity contribution in [2.24, 2.45) is 11.7 Å². The van der Waals surface area contributed by atoms with Crippen LogP contribution in [0.5, 0.6) is 0 Å². The van der Waals surface area contributed by atoms with Gasteiger partial charge in [-0.3, -0.25) is 4.79 Å². The van der Waals surface area contributed by atoms with Crippen LogP contribution in [0.25, 0.3) is 0 Å². The normalized spacial score (nSPS) is 11.7. The summed E-state index contributed by atoms with van der Waals surface area (Å²) in [6, 6.07) is 7.95. The maximum Gasteiger partial charge on any atom is 0.224 e. The van der Waals surface area contributed by atoms with Gasteiger partial charge in [-0.2, -0.15) is 0 Å². The topological polar surface area (TPSA) is 55.1 Å². The number of hydrogen-bond acceptors (Lipinski definition) is 2. The quantitative estimate of drug-likeness (QED) is 0.826. The fraction of sp³-hybridized carbons (Fsp3) is 0.562. The molecule has 3 heteroatoms. The Bertz CT molecular complexity index is 407. The first-order valence-corrected chi connectivity index (χ1v) is 6.95. The Morgan fingerprint density at radius 2 is 1.84 bits per heavy atom. The van der Waals surface area contributed by atoms with Crippen LogP contribution in [0, 0.1) is 5.92 Å². The third kappa shape index (κ3) is 5.03. The van der Waals surface area contributed by atoms with Crippen molar-refractivity contribution >= 4 is 11.6 Å². The molecule has 0 spiro atoms. The molecule has 1 rings (SSSR count). The van der Waals surface area contributed by atoms with Gasteiger partial charge >= 0.3 is 0 Å². The zero-order valence-electron chi connectivity index (χ0n) is 12.5. The third-order valence-corrected chi connectivity index (χ3v) is 3.41. The molecule has 0 saturated carbocycles. The van der Waals surface area contributed by atoms with Crippen molar-refractivity contribution in [3.05, 3.63) is 29.8 Å². The third-order valence-electron chi connectivity index (χ3n) is 3.41. The molecule has 0 atom stereocenters. The van der Waals surface area contributed by atoms with E-state index in [4.69, 9.17) is 5.73 Å². The van der Waals surface area contributed by atoms with Crippen molar-refractivity contribution < 1.29 is 4.79 Å². The van der Waals surface area contributed by atoms with Gasteiger partial charge in [-0.15, -0.1) is 0 Å². The standard InChI is InChI=1S/C16H26N2O/c1-12(2)5-10-15(19)18-14-8-6-13(7-9-14)16(3,4)11-17/h6-9,12H,5,10-11,17H2,1-4H3,(H,18,19). The highest BCUT2D eigenvalue weighted by molar-refractivity contribution is 5.90.